The first-order chi connectivity index (χ1) is 14.4. The van der Waals surface area contributed by atoms with Gasteiger partial charge in [0, 0.05) is 18.8 Å². The van der Waals surface area contributed by atoms with Gasteiger partial charge in [0.1, 0.15) is 6.54 Å². The second-order valence-electron chi connectivity index (χ2n) is 7.41. The third kappa shape index (κ3) is 3.90. The summed E-state index contributed by atoms with van der Waals surface area (Å²) in [6.07, 6.45) is 2.73. The zero-order valence-electron chi connectivity index (χ0n) is 16.6. The third-order valence-electron chi connectivity index (χ3n) is 5.31. The molecule has 3 aromatic rings. The highest BCUT2D eigenvalue weighted by atomic mass is 32.2. The van der Waals surface area contributed by atoms with Crippen LogP contribution in [0.5, 0.6) is 0 Å². The van der Waals surface area contributed by atoms with Crippen molar-refractivity contribution in [3.05, 3.63) is 58.6 Å². The Bertz CT molecular complexity index is 1250. The Morgan fingerprint density at radius 1 is 1.10 bits per heavy atom. The van der Waals surface area contributed by atoms with E-state index in [2.05, 4.69) is 5.32 Å². The summed E-state index contributed by atoms with van der Waals surface area (Å²) in [5.41, 5.74) is 2.06. The van der Waals surface area contributed by atoms with Crippen molar-refractivity contribution in [2.45, 2.75) is 37.6 Å². The summed E-state index contributed by atoms with van der Waals surface area (Å²) in [5.74, 6) is -1.07. The van der Waals surface area contributed by atoms with E-state index in [0.717, 1.165) is 24.8 Å². The number of sulfonamides is 1. The van der Waals surface area contributed by atoms with Crippen LogP contribution in [0.25, 0.3) is 11.1 Å². The highest BCUT2D eigenvalue weighted by Crippen LogP contribution is 2.25. The first-order valence-electron chi connectivity index (χ1n) is 9.85. The van der Waals surface area contributed by atoms with Crippen LogP contribution in [-0.2, 0) is 21.4 Å². The van der Waals surface area contributed by atoms with Crippen molar-refractivity contribution in [3.8, 4) is 0 Å². The van der Waals surface area contributed by atoms with Crippen molar-refractivity contribution in [3.63, 3.8) is 0 Å². The number of amides is 1. The van der Waals surface area contributed by atoms with Crippen LogP contribution in [0.2, 0.25) is 0 Å². The summed E-state index contributed by atoms with van der Waals surface area (Å²) in [5, 5.41) is 2.73. The molecule has 0 saturated carbocycles. The lowest BCUT2D eigenvalue weighted by atomic mass is 10.2. The first kappa shape index (κ1) is 20.4. The molecule has 2 aromatic carbocycles. The van der Waals surface area contributed by atoms with Gasteiger partial charge in [0.2, 0.25) is 15.9 Å². The maximum Gasteiger partial charge on any atom is 0.420 e. The van der Waals surface area contributed by atoms with E-state index in [-0.39, 0.29) is 11.4 Å². The summed E-state index contributed by atoms with van der Waals surface area (Å²) in [6, 6.07) is 11.6. The lowest BCUT2D eigenvalue weighted by Gasteiger charge is -2.26. The normalized spacial score (nSPS) is 15.4. The Hall–Kier alpha value is -2.91. The molecular weight excluding hydrogens is 406 g/mol. The minimum absolute atomic E-state index is 0.149. The molecular formula is C21H23N3O5S. The predicted octanol–water partition coefficient (Wildman–Crippen LogP) is 2.72. The zero-order valence-corrected chi connectivity index (χ0v) is 17.4. The van der Waals surface area contributed by atoms with Crippen LogP contribution in [0, 0.1) is 6.92 Å². The summed E-state index contributed by atoms with van der Waals surface area (Å²) in [6.45, 7) is 2.56. The first-order valence-corrected chi connectivity index (χ1v) is 11.3. The molecule has 1 aliphatic rings. The molecule has 0 atom stereocenters. The lowest BCUT2D eigenvalue weighted by Crippen LogP contribution is -2.35. The number of nitrogens with one attached hydrogen (secondary N) is 1. The number of hydrogen-bond donors (Lipinski definition) is 1. The highest BCUT2D eigenvalue weighted by Gasteiger charge is 2.26. The SMILES string of the molecule is Cc1ccc(S(=O)(=O)N2CCCCC2)cc1NC(=O)Cn1c(=O)oc2ccccc21. The molecule has 1 N–H and O–H groups in total. The molecule has 2 heterocycles. The van der Waals surface area contributed by atoms with Gasteiger partial charge in [-0.25, -0.2) is 13.2 Å². The van der Waals surface area contributed by atoms with Crippen molar-refractivity contribution >= 4 is 32.7 Å². The smallest absolute Gasteiger partial charge is 0.408 e. The van der Waals surface area contributed by atoms with Crippen molar-refractivity contribution < 1.29 is 17.6 Å². The minimum atomic E-state index is -3.61. The number of aromatic nitrogens is 1. The molecule has 9 heteroatoms. The van der Waals surface area contributed by atoms with E-state index in [1.54, 1.807) is 43.3 Å². The van der Waals surface area contributed by atoms with Gasteiger partial charge in [-0.3, -0.25) is 9.36 Å². The fourth-order valence-corrected chi connectivity index (χ4v) is 5.19. The van der Waals surface area contributed by atoms with Gasteiger partial charge in [-0.2, -0.15) is 4.31 Å². The predicted molar refractivity (Wildman–Crippen MR) is 113 cm³/mol. The van der Waals surface area contributed by atoms with Gasteiger partial charge >= 0.3 is 5.76 Å². The second-order valence-corrected chi connectivity index (χ2v) is 9.35. The molecule has 0 unspecified atom stereocenters. The third-order valence-corrected chi connectivity index (χ3v) is 7.21. The Balaban J connectivity index is 1.57. The van der Waals surface area contributed by atoms with Gasteiger partial charge in [0.05, 0.1) is 10.4 Å². The number of carbonyl (C=O) groups is 1. The molecule has 0 bridgehead atoms. The van der Waals surface area contributed by atoms with Crippen LogP contribution < -0.4 is 11.1 Å². The van der Waals surface area contributed by atoms with E-state index < -0.39 is 21.7 Å². The summed E-state index contributed by atoms with van der Waals surface area (Å²) < 4.78 is 33.8. The van der Waals surface area contributed by atoms with Crippen molar-refractivity contribution in [1.82, 2.24) is 8.87 Å². The Kier molecular flexibility index (Phi) is 5.48. The number of oxazole rings is 1. The summed E-state index contributed by atoms with van der Waals surface area (Å²) in [7, 11) is -3.61. The average Bonchev–Trinajstić information content (AvgIpc) is 3.05. The van der Waals surface area contributed by atoms with Crippen molar-refractivity contribution in [2.24, 2.45) is 0 Å². The van der Waals surface area contributed by atoms with Crippen LogP contribution in [0.4, 0.5) is 5.69 Å². The molecule has 1 aromatic heterocycles. The monoisotopic (exact) mass is 429 g/mol. The Labute approximate surface area is 174 Å². The van der Waals surface area contributed by atoms with E-state index in [4.69, 9.17) is 4.42 Å². The van der Waals surface area contributed by atoms with E-state index in [1.807, 2.05) is 0 Å². The van der Waals surface area contributed by atoms with Crippen molar-refractivity contribution in [1.29, 1.82) is 0 Å². The van der Waals surface area contributed by atoms with Crippen LogP contribution in [0.15, 0.2) is 56.6 Å². The molecule has 0 aliphatic carbocycles. The number of aryl methyl sites for hydroxylation is 1. The van der Waals surface area contributed by atoms with E-state index in [1.165, 1.54) is 14.9 Å². The van der Waals surface area contributed by atoms with Gasteiger partial charge in [-0.1, -0.05) is 24.6 Å². The summed E-state index contributed by atoms with van der Waals surface area (Å²) in [4.78, 5) is 24.9. The van der Waals surface area contributed by atoms with Crippen molar-refractivity contribution in [2.75, 3.05) is 18.4 Å². The fraction of sp³-hybridized carbons (Fsp3) is 0.333. The zero-order chi connectivity index (χ0) is 21.3. The molecule has 1 aliphatic heterocycles. The average molecular weight is 429 g/mol. The number of para-hydroxylation sites is 2. The largest absolute Gasteiger partial charge is 0.420 e. The molecule has 158 valence electrons. The maximum atomic E-state index is 12.9. The number of carbonyl (C=O) groups excluding carboxylic acids is 1. The van der Waals surface area contributed by atoms with Crippen LogP contribution in [0.1, 0.15) is 24.8 Å². The quantitative estimate of drug-likeness (QED) is 0.672. The van der Waals surface area contributed by atoms with Gasteiger partial charge in [0.25, 0.3) is 0 Å². The number of fused-ring (bicyclic) bond motifs is 1. The van der Waals surface area contributed by atoms with Gasteiger partial charge in [-0.15, -0.1) is 0 Å². The number of hydrogen-bond acceptors (Lipinski definition) is 5. The molecule has 30 heavy (non-hydrogen) atoms. The standard InChI is InChI=1S/C21H23N3O5S/c1-15-9-10-16(30(27,28)23-11-5-2-6-12-23)13-17(15)22-20(25)14-24-18-7-3-4-8-19(18)29-21(24)26/h3-4,7-10,13H,2,5-6,11-12,14H2,1H3,(H,22,25). The molecule has 1 fully saturated rings. The molecule has 0 radical (unpaired) electrons. The van der Waals surface area contributed by atoms with Crippen LogP contribution in [-0.4, -0.2) is 36.3 Å². The topological polar surface area (TPSA) is 102 Å². The molecule has 0 spiro atoms. The van der Waals surface area contributed by atoms with Gasteiger partial charge < -0.3 is 9.73 Å². The Morgan fingerprint density at radius 2 is 1.83 bits per heavy atom. The van der Waals surface area contributed by atoms with E-state index >= 15 is 0 Å². The maximum absolute atomic E-state index is 12.9. The highest BCUT2D eigenvalue weighted by molar-refractivity contribution is 7.89. The number of piperidine rings is 1. The van der Waals surface area contributed by atoms with Crippen LogP contribution >= 0.6 is 0 Å². The number of rotatable bonds is 5. The summed E-state index contributed by atoms with van der Waals surface area (Å²) >= 11 is 0. The molecule has 4 rings (SSSR count). The minimum Gasteiger partial charge on any atom is -0.408 e. The number of benzene rings is 2. The van der Waals surface area contributed by atoms with Gasteiger partial charge in [-0.05, 0) is 49.6 Å². The van der Waals surface area contributed by atoms with Gasteiger partial charge in [0.15, 0.2) is 5.58 Å². The number of anilines is 1. The Morgan fingerprint density at radius 3 is 2.60 bits per heavy atom. The molecule has 1 amide bonds. The van der Waals surface area contributed by atoms with E-state index in [0.29, 0.717) is 29.9 Å². The lowest BCUT2D eigenvalue weighted by molar-refractivity contribution is -0.116. The fourth-order valence-electron chi connectivity index (χ4n) is 3.65. The second kappa shape index (κ2) is 8.08. The van der Waals surface area contributed by atoms with E-state index in [9.17, 15) is 18.0 Å². The molecule has 8 nitrogen and oxygen atoms in total. The molecule has 1 saturated heterocycles. The number of nitrogens with zero attached hydrogens (tertiary/aromatic N) is 2. The van der Waals surface area contributed by atoms with Crippen LogP contribution in [0.3, 0.4) is 0 Å².